The fourth-order valence-corrected chi connectivity index (χ4v) is 1.65. The van der Waals surface area contributed by atoms with Crippen LogP contribution in [0.3, 0.4) is 0 Å². The predicted molar refractivity (Wildman–Crippen MR) is 65.1 cm³/mol. The first-order valence-corrected chi connectivity index (χ1v) is 5.24. The van der Waals surface area contributed by atoms with Crippen molar-refractivity contribution in [3.8, 4) is 17.0 Å². The van der Waals surface area contributed by atoms with Gasteiger partial charge in [0.15, 0.2) is 11.2 Å². The van der Waals surface area contributed by atoms with E-state index in [2.05, 4.69) is 19.9 Å². The molecule has 0 atom stereocenters. The molecule has 0 fully saturated rings. The van der Waals surface area contributed by atoms with Crippen molar-refractivity contribution >= 4 is 11.2 Å². The Morgan fingerprint density at radius 2 is 2.11 bits per heavy atom. The fourth-order valence-electron chi connectivity index (χ4n) is 1.65. The van der Waals surface area contributed by atoms with Crippen LogP contribution in [-0.4, -0.2) is 25.0 Å². The lowest BCUT2D eigenvalue weighted by atomic mass is 10.1. The molecule has 0 aliphatic rings. The molecule has 0 bridgehead atoms. The number of benzene rings is 1. The van der Waals surface area contributed by atoms with E-state index in [1.54, 1.807) is 24.3 Å². The number of fused-ring (bicyclic) bond motifs is 1. The van der Waals surface area contributed by atoms with Crippen molar-refractivity contribution < 1.29 is 5.11 Å². The van der Waals surface area contributed by atoms with Crippen molar-refractivity contribution in [2.45, 2.75) is 0 Å². The summed E-state index contributed by atoms with van der Waals surface area (Å²) in [6.45, 7) is 0. The number of aromatic amines is 1. The SMILES string of the molecule is O=c1[nH]cnc2ncc(-c3cccc(O)c3)nc12. The minimum absolute atomic E-state index is 0.134. The van der Waals surface area contributed by atoms with Crippen molar-refractivity contribution in [2.24, 2.45) is 0 Å². The Hall–Kier alpha value is -2.76. The van der Waals surface area contributed by atoms with Gasteiger partial charge in [0, 0.05) is 5.56 Å². The molecular formula is C12H8N4O2. The first-order chi connectivity index (χ1) is 8.74. The van der Waals surface area contributed by atoms with E-state index < -0.39 is 0 Å². The Labute approximate surface area is 101 Å². The maximum absolute atomic E-state index is 11.6. The molecule has 0 radical (unpaired) electrons. The van der Waals surface area contributed by atoms with Crippen LogP contribution in [0.1, 0.15) is 0 Å². The summed E-state index contributed by atoms with van der Waals surface area (Å²) in [6.07, 6.45) is 2.80. The molecule has 2 N–H and O–H groups in total. The van der Waals surface area contributed by atoms with Crippen molar-refractivity contribution in [1.29, 1.82) is 0 Å². The Kier molecular flexibility index (Phi) is 2.26. The summed E-state index contributed by atoms with van der Waals surface area (Å²) in [7, 11) is 0. The van der Waals surface area contributed by atoms with E-state index in [1.165, 1.54) is 12.5 Å². The summed E-state index contributed by atoms with van der Waals surface area (Å²) in [6, 6.07) is 6.59. The number of nitrogens with zero attached hydrogens (tertiary/aromatic N) is 3. The van der Waals surface area contributed by atoms with Crippen molar-refractivity contribution in [2.75, 3.05) is 0 Å². The fraction of sp³-hybridized carbons (Fsp3) is 0. The average Bonchev–Trinajstić information content (AvgIpc) is 2.39. The van der Waals surface area contributed by atoms with Crippen LogP contribution in [0.2, 0.25) is 0 Å². The van der Waals surface area contributed by atoms with Crippen LogP contribution in [-0.2, 0) is 0 Å². The summed E-state index contributed by atoms with van der Waals surface area (Å²) < 4.78 is 0. The Morgan fingerprint density at radius 1 is 1.22 bits per heavy atom. The first kappa shape index (κ1) is 10.4. The summed E-state index contributed by atoms with van der Waals surface area (Å²) >= 11 is 0. The third-order valence-corrected chi connectivity index (χ3v) is 2.49. The van der Waals surface area contributed by atoms with Gasteiger partial charge < -0.3 is 10.1 Å². The molecular weight excluding hydrogens is 232 g/mol. The van der Waals surface area contributed by atoms with E-state index in [-0.39, 0.29) is 16.8 Å². The second kappa shape index (κ2) is 3.92. The average molecular weight is 240 g/mol. The monoisotopic (exact) mass is 240 g/mol. The maximum atomic E-state index is 11.6. The normalized spacial score (nSPS) is 10.7. The van der Waals surface area contributed by atoms with Gasteiger partial charge in [-0.2, -0.15) is 0 Å². The molecule has 0 spiro atoms. The zero-order valence-corrected chi connectivity index (χ0v) is 9.16. The molecule has 2 aromatic heterocycles. The van der Waals surface area contributed by atoms with E-state index in [0.29, 0.717) is 16.9 Å². The van der Waals surface area contributed by atoms with Crippen LogP contribution in [0.25, 0.3) is 22.4 Å². The van der Waals surface area contributed by atoms with E-state index in [4.69, 9.17) is 0 Å². The molecule has 3 aromatic rings. The lowest BCUT2D eigenvalue weighted by Gasteiger charge is -2.01. The number of phenols is 1. The highest BCUT2D eigenvalue weighted by atomic mass is 16.3. The quantitative estimate of drug-likeness (QED) is 0.664. The Morgan fingerprint density at radius 3 is 2.94 bits per heavy atom. The van der Waals surface area contributed by atoms with Crippen LogP contribution in [0.15, 0.2) is 41.6 Å². The van der Waals surface area contributed by atoms with E-state index >= 15 is 0 Å². The van der Waals surface area contributed by atoms with Gasteiger partial charge in [0.05, 0.1) is 18.2 Å². The lowest BCUT2D eigenvalue weighted by molar-refractivity contribution is 0.475. The van der Waals surface area contributed by atoms with Crippen molar-refractivity contribution in [1.82, 2.24) is 19.9 Å². The van der Waals surface area contributed by atoms with Gasteiger partial charge in [0.1, 0.15) is 5.75 Å². The minimum atomic E-state index is -0.338. The molecule has 3 rings (SSSR count). The summed E-state index contributed by atoms with van der Waals surface area (Å²) in [5.74, 6) is 0.134. The smallest absolute Gasteiger partial charge is 0.278 e. The van der Waals surface area contributed by atoms with Gasteiger partial charge >= 0.3 is 0 Å². The minimum Gasteiger partial charge on any atom is -0.508 e. The molecule has 0 unspecified atom stereocenters. The van der Waals surface area contributed by atoms with Gasteiger partial charge in [0.2, 0.25) is 0 Å². The second-order valence-electron chi connectivity index (χ2n) is 3.71. The summed E-state index contributed by atoms with van der Waals surface area (Å²) in [5, 5.41) is 9.41. The largest absolute Gasteiger partial charge is 0.508 e. The van der Waals surface area contributed by atoms with Crippen LogP contribution in [0, 0.1) is 0 Å². The zero-order valence-electron chi connectivity index (χ0n) is 9.16. The van der Waals surface area contributed by atoms with E-state index in [9.17, 15) is 9.90 Å². The van der Waals surface area contributed by atoms with E-state index in [1.807, 2.05) is 0 Å². The van der Waals surface area contributed by atoms with Crippen molar-refractivity contribution in [3.05, 3.63) is 47.1 Å². The molecule has 0 aliphatic heterocycles. The number of hydrogen-bond acceptors (Lipinski definition) is 5. The number of rotatable bonds is 1. The molecule has 0 amide bonds. The molecule has 6 heteroatoms. The van der Waals surface area contributed by atoms with Gasteiger partial charge in [-0.3, -0.25) is 4.79 Å². The standard InChI is InChI=1S/C12H8N4O2/c17-8-3-1-2-7(4-8)9-5-13-11-10(16-9)12(18)15-6-14-11/h1-6,17H,(H,13,14,15,18). The Balaban J connectivity index is 2.25. The highest BCUT2D eigenvalue weighted by Crippen LogP contribution is 2.21. The molecule has 0 saturated carbocycles. The van der Waals surface area contributed by atoms with E-state index in [0.717, 1.165) is 0 Å². The number of H-pyrrole nitrogens is 1. The molecule has 6 nitrogen and oxygen atoms in total. The molecule has 18 heavy (non-hydrogen) atoms. The number of phenolic OH excluding ortho intramolecular Hbond substituents is 1. The Bertz CT molecular complexity index is 782. The van der Waals surface area contributed by atoms with Gasteiger partial charge in [-0.15, -0.1) is 0 Å². The highest BCUT2D eigenvalue weighted by Gasteiger charge is 2.06. The zero-order chi connectivity index (χ0) is 12.5. The second-order valence-corrected chi connectivity index (χ2v) is 3.71. The third-order valence-electron chi connectivity index (χ3n) is 2.49. The molecule has 0 saturated heterocycles. The van der Waals surface area contributed by atoms with Crippen molar-refractivity contribution in [3.63, 3.8) is 0 Å². The summed E-state index contributed by atoms with van der Waals surface area (Å²) in [5.41, 5.74) is 1.33. The molecule has 0 aliphatic carbocycles. The highest BCUT2D eigenvalue weighted by molar-refractivity contribution is 5.72. The summed E-state index contributed by atoms with van der Waals surface area (Å²) in [4.78, 5) is 26.2. The third kappa shape index (κ3) is 1.69. The van der Waals surface area contributed by atoms with Crippen LogP contribution < -0.4 is 5.56 Å². The van der Waals surface area contributed by atoms with Crippen LogP contribution in [0.4, 0.5) is 0 Å². The predicted octanol–water partition coefficient (Wildman–Crippen LogP) is 1.09. The number of hydrogen-bond donors (Lipinski definition) is 2. The van der Waals surface area contributed by atoms with Gasteiger partial charge in [0.25, 0.3) is 5.56 Å². The van der Waals surface area contributed by atoms with Gasteiger partial charge in [-0.25, -0.2) is 15.0 Å². The number of aromatic nitrogens is 4. The van der Waals surface area contributed by atoms with Gasteiger partial charge in [-0.05, 0) is 12.1 Å². The van der Waals surface area contributed by atoms with Gasteiger partial charge in [-0.1, -0.05) is 12.1 Å². The number of aromatic hydroxyl groups is 1. The first-order valence-electron chi connectivity index (χ1n) is 5.24. The van der Waals surface area contributed by atoms with Crippen LogP contribution >= 0.6 is 0 Å². The molecule has 2 heterocycles. The topological polar surface area (TPSA) is 91.8 Å². The lowest BCUT2D eigenvalue weighted by Crippen LogP contribution is -2.09. The van der Waals surface area contributed by atoms with Crippen LogP contribution in [0.5, 0.6) is 5.75 Å². The number of nitrogens with one attached hydrogen (secondary N) is 1. The molecule has 88 valence electrons. The molecule has 1 aromatic carbocycles. The maximum Gasteiger partial charge on any atom is 0.278 e.